The predicted octanol–water partition coefficient (Wildman–Crippen LogP) is 2.09. The van der Waals surface area contributed by atoms with Gasteiger partial charge in [0.2, 0.25) is 10.0 Å². The van der Waals surface area contributed by atoms with Gasteiger partial charge in [0.1, 0.15) is 4.90 Å². The van der Waals surface area contributed by atoms with E-state index in [1.807, 2.05) is 13.8 Å². The first-order chi connectivity index (χ1) is 9.90. The van der Waals surface area contributed by atoms with Crippen LogP contribution in [0.5, 0.6) is 0 Å². The van der Waals surface area contributed by atoms with E-state index in [2.05, 4.69) is 10.0 Å². The van der Waals surface area contributed by atoms with E-state index in [1.165, 1.54) is 0 Å². The highest BCUT2D eigenvalue weighted by Gasteiger charge is 2.30. The Hall–Kier alpha value is -1.11. The molecule has 0 heterocycles. The molecule has 2 rings (SSSR count). The quantitative estimate of drug-likeness (QED) is 0.687. The summed E-state index contributed by atoms with van der Waals surface area (Å²) in [4.78, 5) is 0.242. The number of anilines is 1. The SMILES string of the molecule is CCC(O)(CC)CNc1ccccc1S(=O)(=O)NC1CC1. The summed E-state index contributed by atoms with van der Waals surface area (Å²) in [6, 6.07) is 6.89. The second-order valence-electron chi connectivity index (χ2n) is 5.68. The summed E-state index contributed by atoms with van der Waals surface area (Å²) in [6.07, 6.45) is 3.04. The summed E-state index contributed by atoms with van der Waals surface area (Å²) in [5.41, 5.74) is -0.285. The molecule has 0 spiro atoms. The van der Waals surface area contributed by atoms with Gasteiger partial charge in [0.15, 0.2) is 0 Å². The molecule has 0 saturated heterocycles. The van der Waals surface area contributed by atoms with E-state index in [0.717, 1.165) is 12.8 Å². The summed E-state index contributed by atoms with van der Waals surface area (Å²) in [5.74, 6) is 0. The molecule has 1 aromatic carbocycles. The predicted molar refractivity (Wildman–Crippen MR) is 83.8 cm³/mol. The summed E-state index contributed by atoms with van der Waals surface area (Å²) in [7, 11) is -3.50. The van der Waals surface area contributed by atoms with Crippen LogP contribution in [0.2, 0.25) is 0 Å². The van der Waals surface area contributed by atoms with Crippen molar-refractivity contribution in [3.8, 4) is 0 Å². The monoisotopic (exact) mass is 312 g/mol. The third-order valence-corrected chi connectivity index (χ3v) is 5.58. The largest absolute Gasteiger partial charge is 0.388 e. The van der Waals surface area contributed by atoms with Gasteiger partial charge in [-0.1, -0.05) is 26.0 Å². The molecular weight excluding hydrogens is 288 g/mol. The molecule has 1 fully saturated rings. The van der Waals surface area contributed by atoms with Gasteiger partial charge in [-0.3, -0.25) is 0 Å². The van der Waals surface area contributed by atoms with Crippen molar-refractivity contribution in [1.82, 2.24) is 4.72 Å². The molecule has 1 aromatic rings. The summed E-state index contributed by atoms with van der Waals surface area (Å²) in [5, 5.41) is 13.4. The summed E-state index contributed by atoms with van der Waals surface area (Å²) in [6.45, 7) is 4.17. The van der Waals surface area contributed by atoms with Gasteiger partial charge >= 0.3 is 0 Å². The second kappa shape index (κ2) is 6.34. The van der Waals surface area contributed by atoms with Crippen LogP contribution in [0.3, 0.4) is 0 Å². The van der Waals surface area contributed by atoms with Crippen molar-refractivity contribution in [2.24, 2.45) is 0 Å². The molecule has 0 atom stereocenters. The molecule has 1 saturated carbocycles. The molecule has 5 nitrogen and oxygen atoms in total. The molecular formula is C15H24N2O3S. The van der Waals surface area contributed by atoms with E-state index >= 15 is 0 Å². The molecule has 0 amide bonds. The van der Waals surface area contributed by atoms with Gasteiger partial charge in [-0.15, -0.1) is 0 Å². The van der Waals surface area contributed by atoms with Crippen molar-refractivity contribution in [2.75, 3.05) is 11.9 Å². The molecule has 21 heavy (non-hydrogen) atoms. The number of benzene rings is 1. The lowest BCUT2D eigenvalue weighted by Crippen LogP contribution is -2.36. The fourth-order valence-corrected chi connectivity index (χ4v) is 3.58. The van der Waals surface area contributed by atoms with Crippen LogP contribution in [0.4, 0.5) is 5.69 Å². The Kier molecular flexibility index (Phi) is 4.91. The Balaban J connectivity index is 2.17. The van der Waals surface area contributed by atoms with Crippen molar-refractivity contribution < 1.29 is 13.5 Å². The van der Waals surface area contributed by atoms with Gasteiger partial charge in [0.05, 0.1) is 11.3 Å². The Labute approximate surface area is 126 Å². The molecule has 0 radical (unpaired) electrons. The van der Waals surface area contributed by atoms with Crippen molar-refractivity contribution in [3.05, 3.63) is 24.3 Å². The zero-order chi connectivity index (χ0) is 15.5. The van der Waals surface area contributed by atoms with Crippen LogP contribution >= 0.6 is 0 Å². The van der Waals surface area contributed by atoms with E-state index in [0.29, 0.717) is 25.1 Å². The zero-order valence-electron chi connectivity index (χ0n) is 12.6. The third kappa shape index (κ3) is 4.18. The van der Waals surface area contributed by atoms with Gasteiger partial charge in [-0.25, -0.2) is 13.1 Å². The lowest BCUT2D eigenvalue weighted by atomic mass is 9.97. The van der Waals surface area contributed by atoms with Crippen molar-refractivity contribution in [3.63, 3.8) is 0 Å². The van der Waals surface area contributed by atoms with Crippen LogP contribution in [0, 0.1) is 0 Å². The minimum absolute atomic E-state index is 0.0753. The van der Waals surface area contributed by atoms with Gasteiger partial charge < -0.3 is 10.4 Å². The standard InChI is InChI=1S/C15H24N2O3S/c1-3-15(18,4-2)11-16-13-7-5-6-8-14(13)21(19,20)17-12-9-10-12/h5-8,12,16-18H,3-4,9-11H2,1-2H3. The fraction of sp³-hybridized carbons (Fsp3) is 0.600. The highest BCUT2D eigenvalue weighted by atomic mass is 32.2. The highest BCUT2D eigenvalue weighted by Crippen LogP contribution is 2.26. The Morgan fingerprint density at radius 2 is 1.86 bits per heavy atom. The highest BCUT2D eigenvalue weighted by molar-refractivity contribution is 7.89. The Morgan fingerprint density at radius 3 is 2.43 bits per heavy atom. The van der Waals surface area contributed by atoms with Gasteiger partial charge in [-0.2, -0.15) is 0 Å². The number of aliphatic hydroxyl groups is 1. The molecule has 0 unspecified atom stereocenters. The minimum atomic E-state index is -3.50. The molecule has 3 N–H and O–H groups in total. The maximum Gasteiger partial charge on any atom is 0.242 e. The zero-order valence-corrected chi connectivity index (χ0v) is 13.4. The van der Waals surface area contributed by atoms with Crippen LogP contribution in [0.25, 0.3) is 0 Å². The first-order valence-electron chi connectivity index (χ1n) is 7.48. The Morgan fingerprint density at radius 1 is 1.24 bits per heavy atom. The number of rotatable bonds is 8. The first-order valence-corrected chi connectivity index (χ1v) is 8.96. The molecule has 0 aliphatic heterocycles. The lowest BCUT2D eigenvalue weighted by molar-refractivity contribution is 0.0456. The van der Waals surface area contributed by atoms with Crippen LogP contribution in [0.15, 0.2) is 29.2 Å². The van der Waals surface area contributed by atoms with Crippen molar-refractivity contribution in [2.45, 2.75) is 56.1 Å². The fourth-order valence-electron chi connectivity index (χ4n) is 2.09. The van der Waals surface area contributed by atoms with Crippen molar-refractivity contribution >= 4 is 15.7 Å². The van der Waals surface area contributed by atoms with E-state index < -0.39 is 15.6 Å². The topological polar surface area (TPSA) is 78.4 Å². The maximum atomic E-state index is 12.4. The molecule has 0 aromatic heterocycles. The smallest absolute Gasteiger partial charge is 0.242 e. The summed E-state index contributed by atoms with van der Waals surface area (Å²) < 4.78 is 27.4. The van der Waals surface area contributed by atoms with E-state index in [4.69, 9.17) is 0 Å². The van der Waals surface area contributed by atoms with Crippen LogP contribution in [-0.4, -0.2) is 31.7 Å². The molecule has 118 valence electrons. The number of nitrogens with one attached hydrogen (secondary N) is 2. The number of sulfonamides is 1. The minimum Gasteiger partial charge on any atom is -0.388 e. The van der Waals surface area contributed by atoms with Gasteiger partial charge in [-0.05, 0) is 37.8 Å². The lowest BCUT2D eigenvalue weighted by Gasteiger charge is -2.26. The van der Waals surface area contributed by atoms with Gasteiger partial charge in [0, 0.05) is 12.6 Å². The van der Waals surface area contributed by atoms with Crippen LogP contribution in [0.1, 0.15) is 39.5 Å². The third-order valence-electron chi connectivity index (χ3n) is 4.00. The average molecular weight is 312 g/mol. The van der Waals surface area contributed by atoms with Crippen LogP contribution in [-0.2, 0) is 10.0 Å². The van der Waals surface area contributed by atoms with E-state index in [1.54, 1.807) is 24.3 Å². The molecule has 1 aliphatic carbocycles. The summed E-state index contributed by atoms with van der Waals surface area (Å²) >= 11 is 0. The second-order valence-corrected chi connectivity index (χ2v) is 7.36. The van der Waals surface area contributed by atoms with E-state index in [-0.39, 0.29) is 10.9 Å². The average Bonchev–Trinajstić information content (AvgIpc) is 3.28. The van der Waals surface area contributed by atoms with E-state index in [9.17, 15) is 13.5 Å². The number of para-hydroxylation sites is 1. The normalized spacial score (nSPS) is 16.0. The maximum absolute atomic E-state index is 12.4. The number of hydrogen-bond acceptors (Lipinski definition) is 4. The van der Waals surface area contributed by atoms with Crippen molar-refractivity contribution in [1.29, 1.82) is 0 Å². The van der Waals surface area contributed by atoms with Crippen LogP contribution < -0.4 is 10.0 Å². The van der Waals surface area contributed by atoms with Gasteiger partial charge in [0.25, 0.3) is 0 Å². The first kappa shape index (κ1) is 16.3. The Bertz CT molecular complexity index is 578. The molecule has 1 aliphatic rings. The molecule has 0 bridgehead atoms. The number of hydrogen-bond donors (Lipinski definition) is 3. The molecule has 6 heteroatoms.